The topological polar surface area (TPSA) is 58.2 Å². The summed E-state index contributed by atoms with van der Waals surface area (Å²) in [4.78, 5) is 0.987. The maximum atomic E-state index is 12.8. The van der Waals surface area contributed by atoms with Crippen LogP contribution < -0.4 is 10.0 Å². The number of rotatable bonds is 6. The molecule has 2 N–H and O–H groups in total. The number of hydrogen-bond donors (Lipinski definition) is 2. The van der Waals surface area contributed by atoms with Crippen molar-refractivity contribution < 1.29 is 12.8 Å². The van der Waals surface area contributed by atoms with Crippen LogP contribution in [0.25, 0.3) is 0 Å². The van der Waals surface area contributed by atoms with Crippen molar-refractivity contribution in [1.82, 2.24) is 5.32 Å². The first kappa shape index (κ1) is 14.5. The van der Waals surface area contributed by atoms with Crippen LogP contribution in [0, 0.1) is 5.82 Å². The zero-order valence-corrected chi connectivity index (χ0v) is 12.8. The summed E-state index contributed by atoms with van der Waals surface area (Å²) in [7, 11) is -3.61. The molecule has 0 spiro atoms. The standard InChI is InChI=1S/C14H15FN2O2S2/c15-10-1-3-12(4-2-10)17-21(18,19)14-8-7-13(20-14)9-16-11-5-6-11/h1-4,7-8,11,16-17H,5-6,9H2. The Bertz CT molecular complexity index is 722. The van der Waals surface area contributed by atoms with E-state index < -0.39 is 15.8 Å². The summed E-state index contributed by atoms with van der Waals surface area (Å²) in [5.41, 5.74) is 0.349. The fraction of sp³-hybridized carbons (Fsp3) is 0.286. The largest absolute Gasteiger partial charge is 0.309 e. The molecular formula is C14H15FN2O2S2. The highest BCUT2D eigenvalue weighted by Crippen LogP contribution is 2.25. The Morgan fingerprint density at radius 2 is 1.86 bits per heavy atom. The van der Waals surface area contributed by atoms with Crippen LogP contribution in [0.5, 0.6) is 0 Å². The number of anilines is 1. The predicted molar refractivity (Wildman–Crippen MR) is 81.4 cm³/mol. The second-order valence-electron chi connectivity index (χ2n) is 4.99. The van der Waals surface area contributed by atoms with Crippen molar-refractivity contribution in [1.29, 1.82) is 0 Å². The number of hydrogen-bond acceptors (Lipinski definition) is 4. The van der Waals surface area contributed by atoms with E-state index in [1.807, 2.05) is 6.07 Å². The van der Waals surface area contributed by atoms with Crippen LogP contribution >= 0.6 is 11.3 Å². The Balaban J connectivity index is 1.69. The average Bonchev–Trinajstić information content (AvgIpc) is 3.15. The van der Waals surface area contributed by atoms with E-state index in [4.69, 9.17) is 0 Å². The van der Waals surface area contributed by atoms with Crippen LogP contribution in [-0.4, -0.2) is 14.5 Å². The zero-order chi connectivity index (χ0) is 14.9. The first-order valence-corrected chi connectivity index (χ1v) is 8.93. The lowest BCUT2D eigenvalue weighted by molar-refractivity contribution is 0.603. The molecule has 0 radical (unpaired) electrons. The second kappa shape index (κ2) is 5.75. The summed E-state index contributed by atoms with van der Waals surface area (Å²) in [6.45, 7) is 0.696. The number of benzene rings is 1. The molecule has 0 saturated heterocycles. The van der Waals surface area contributed by atoms with Crippen molar-refractivity contribution in [2.75, 3.05) is 4.72 Å². The average molecular weight is 326 g/mol. The van der Waals surface area contributed by atoms with Crippen molar-refractivity contribution >= 4 is 27.0 Å². The van der Waals surface area contributed by atoms with Gasteiger partial charge in [0.2, 0.25) is 0 Å². The Hall–Kier alpha value is -1.44. The molecule has 0 atom stereocenters. The van der Waals surface area contributed by atoms with Crippen LogP contribution in [-0.2, 0) is 16.6 Å². The highest BCUT2D eigenvalue weighted by atomic mass is 32.2. The predicted octanol–water partition coefficient (Wildman–Crippen LogP) is 2.94. The smallest absolute Gasteiger partial charge is 0.271 e. The Labute approximate surface area is 127 Å². The number of sulfonamides is 1. The fourth-order valence-corrected chi connectivity index (χ4v) is 4.22. The van der Waals surface area contributed by atoms with Gasteiger partial charge in [0.25, 0.3) is 10.0 Å². The molecule has 0 aliphatic heterocycles. The van der Waals surface area contributed by atoms with E-state index in [0.29, 0.717) is 18.3 Å². The lowest BCUT2D eigenvalue weighted by Gasteiger charge is -2.05. The Morgan fingerprint density at radius 3 is 2.52 bits per heavy atom. The molecule has 4 nitrogen and oxygen atoms in total. The van der Waals surface area contributed by atoms with E-state index in [0.717, 1.165) is 4.88 Å². The first-order chi connectivity index (χ1) is 10.0. The normalized spacial score (nSPS) is 15.1. The maximum Gasteiger partial charge on any atom is 0.271 e. The molecule has 1 fully saturated rings. The van der Waals surface area contributed by atoms with Crippen molar-refractivity contribution in [3.63, 3.8) is 0 Å². The van der Waals surface area contributed by atoms with Gasteiger partial charge in [0, 0.05) is 23.2 Å². The van der Waals surface area contributed by atoms with Gasteiger partial charge in [-0.15, -0.1) is 11.3 Å². The molecule has 1 aliphatic carbocycles. The van der Waals surface area contributed by atoms with Gasteiger partial charge >= 0.3 is 0 Å². The molecule has 0 amide bonds. The van der Waals surface area contributed by atoms with Gasteiger partial charge in [0.15, 0.2) is 0 Å². The first-order valence-electron chi connectivity index (χ1n) is 6.63. The highest BCUT2D eigenvalue weighted by Gasteiger charge is 2.21. The van der Waals surface area contributed by atoms with Gasteiger partial charge < -0.3 is 5.32 Å². The van der Waals surface area contributed by atoms with Crippen LogP contribution in [0.4, 0.5) is 10.1 Å². The number of halogens is 1. The molecule has 7 heteroatoms. The Kier molecular flexibility index (Phi) is 3.97. The van der Waals surface area contributed by atoms with Gasteiger partial charge in [-0.05, 0) is 49.2 Å². The molecule has 1 aromatic carbocycles. The lowest BCUT2D eigenvalue weighted by atomic mass is 10.3. The lowest BCUT2D eigenvalue weighted by Crippen LogP contribution is -2.14. The van der Waals surface area contributed by atoms with Crippen LogP contribution in [0.15, 0.2) is 40.6 Å². The van der Waals surface area contributed by atoms with E-state index in [9.17, 15) is 12.8 Å². The molecule has 3 rings (SSSR count). The minimum atomic E-state index is -3.61. The Morgan fingerprint density at radius 1 is 1.14 bits per heavy atom. The van der Waals surface area contributed by atoms with Crippen molar-refractivity contribution in [3.8, 4) is 0 Å². The molecule has 0 bridgehead atoms. The van der Waals surface area contributed by atoms with E-state index in [2.05, 4.69) is 10.0 Å². The summed E-state index contributed by atoms with van der Waals surface area (Å²) >= 11 is 1.24. The summed E-state index contributed by atoms with van der Waals surface area (Å²) in [5.74, 6) is -0.400. The minimum absolute atomic E-state index is 0.263. The highest BCUT2D eigenvalue weighted by molar-refractivity contribution is 7.94. The van der Waals surface area contributed by atoms with Gasteiger partial charge in [-0.2, -0.15) is 0 Å². The summed E-state index contributed by atoms with van der Waals surface area (Å²) in [5, 5.41) is 3.35. The molecule has 2 aromatic rings. The molecule has 1 saturated carbocycles. The van der Waals surface area contributed by atoms with Crippen molar-refractivity contribution in [2.24, 2.45) is 0 Å². The summed E-state index contributed by atoms with van der Waals surface area (Å²) in [6, 6.07) is 9.24. The third-order valence-electron chi connectivity index (χ3n) is 3.14. The monoisotopic (exact) mass is 326 g/mol. The minimum Gasteiger partial charge on any atom is -0.309 e. The van der Waals surface area contributed by atoms with Crippen LogP contribution in [0.2, 0.25) is 0 Å². The SMILES string of the molecule is O=S(=O)(Nc1ccc(F)cc1)c1ccc(CNC2CC2)s1. The van der Waals surface area contributed by atoms with E-state index in [1.165, 1.54) is 48.4 Å². The molecule has 1 aromatic heterocycles. The fourth-order valence-electron chi connectivity index (χ4n) is 1.85. The molecule has 1 heterocycles. The molecule has 0 unspecified atom stereocenters. The molecule has 21 heavy (non-hydrogen) atoms. The molecule has 1 aliphatic rings. The molecule has 112 valence electrons. The van der Waals surface area contributed by atoms with Gasteiger partial charge in [0.05, 0.1) is 0 Å². The van der Waals surface area contributed by atoms with Crippen molar-refractivity contribution in [2.45, 2.75) is 29.6 Å². The van der Waals surface area contributed by atoms with Crippen LogP contribution in [0.1, 0.15) is 17.7 Å². The van der Waals surface area contributed by atoms with Gasteiger partial charge in [0.1, 0.15) is 10.0 Å². The van der Waals surface area contributed by atoms with E-state index >= 15 is 0 Å². The third kappa shape index (κ3) is 3.81. The molecular weight excluding hydrogens is 311 g/mol. The number of thiophene rings is 1. The van der Waals surface area contributed by atoms with E-state index in [-0.39, 0.29) is 4.21 Å². The summed E-state index contributed by atoms with van der Waals surface area (Å²) < 4.78 is 40.0. The second-order valence-corrected chi connectivity index (χ2v) is 8.07. The van der Waals surface area contributed by atoms with E-state index in [1.54, 1.807) is 6.07 Å². The van der Waals surface area contributed by atoms with Gasteiger partial charge in [-0.25, -0.2) is 12.8 Å². The number of nitrogens with one attached hydrogen (secondary N) is 2. The van der Waals surface area contributed by atoms with Crippen LogP contribution in [0.3, 0.4) is 0 Å². The third-order valence-corrected chi connectivity index (χ3v) is 6.10. The summed E-state index contributed by atoms with van der Waals surface area (Å²) in [6.07, 6.45) is 2.39. The maximum absolute atomic E-state index is 12.8. The van der Waals surface area contributed by atoms with Crippen molar-refractivity contribution in [3.05, 3.63) is 47.1 Å². The van der Waals surface area contributed by atoms with Gasteiger partial charge in [-0.3, -0.25) is 4.72 Å². The van der Waals surface area contributed by atoms with Gasteiger partial charge in [-0.1, -0.05) is 0 Å². The quantitative estimate of drug-likeness (QED) is 0.858. The zero-order valence-electron chi connectivity index (χ0n) is 11.2.